The molecule has 1 heteroatoms. The highest BCUT2D eigenvalue weighted by Gasteiger charge is 2.09. The molecule has 2 aliphatic rings. The Kier molecular flexibility index (Phi) is 2.04. The Labute approximate surface area is 93.2 Å². The molecule has 72 valence electrons. The molecular formula is C14H10S. The molecule has 0 radical (unpaired) electrons. The molecule has 0 N–H and O–H groups in total. The van der Waals surface area contributed by atoms with Gasteiger partial charge in [-0.25, -0.2) is 0 Å². The molecule has 0 aromatic heterocycles. The van der Waals surface area contributed by atoms with Gasteiger partial charge in [0.05, 0.1) is 0 Å². The van der Waals surface area contributed by atoms with Crippen molar-refractivity contribution in [3.05, 3.63) is 59.3 Å². The van der Waals surface area contributed by atoms with Crippen LogP contribution >= 0.6 is 11.3 Å². The molecule has 0 spiro atoms. The van der Waals surface area contributed by atoms with Crippen molar-refractivity contribution in [1.29, 1.82) is 0 Å². The molecule has 1 heterocycles. The first-order valence-corrected chi connectivity index (χ1v) is 5.90. The quantitative estimate of drug-likeness (QED) is 0.554. The molecule has 3 rings (SSSR count). The summed E-state index contributed by atoms with van der Waals surface area (Å²) in [6, 6.07) is 17.1. The van der Waals surface area contributed by atoms with E-state index in [4.69, 9.17) is 0 Å². The summed E-state index contributed by atoms with van der Waals surface area (Å²) < 4.78 is 0. The van der Waals surface area contributed by atoms with Crippen molar-refractivity contribution in [3.63, 3.8) is 0 Å². The summed E-state index contributed by atoms with van der Waals surface area (Å²) in [5, 5.41) is 4.34. The van der Waals surface area contributed by atoms with Crippen LogP contribution in [0.3, 0.4) is 0 Å². The molecule has 1 aromatic rings. The first-order valence-electron chi connectivity index (χ1n) is 4.95. The van der Waals surface area contributed by atoms with Gasteiger partial charge in [0.2, 0.25) is 0 Å². The van der Waals surface area contributed by atoms with E-state index in [0.717, 1.165) is 0 Å². The van der Waals surface area contributed by atoms with Crippen LogP contribution < -0.4 is 0 Å². The van der Waals surface area contributed by atoms with E-state index < -0.39 is 0 Å². The zero-order valence-corrected chi connectivity index (χ0v) is 9.00. The lowest BCUT2D eigenvalue weighted by molar-refractivity contribution is 1.67. The number of benzene rings is 1. The van der Waals surface area contributed by atoms with Crippen LogP contribution in [0.2, 0.25) is 0 Å². The molecule has 0 amide bonds. The molecule has 1 aliphatic carbocycles. The van der Waals surface area contributed by atoms with E-state index in [1.807, 2.05) is 0 Å². The number of hydrogen-bond acceptors (Lipinski definition) is 1. The minimum absolute atomic E-state index is 1.30. The van der Waals surface area contributed by atoms with Crippen LogP contribution in [0, 0.1) is 0 Å². The van der Waals surface area contributed by atoms with E-state index in [1.54, 1.807) is 11.3 Å². The summed E-state index contributed by atoms with van der Waals surface area (Å²) >= 11 is 1.75. The Morgan fingerprint density at radius 3 is 2.33 bits per heavy atom. The maximum absolute atomic E-state index is 2.22. The van der Waals surface area contributed by atoms with Gasteiger partial charge in [-0.1, -0.05) is 42.5 Å². The van der Waals surface area contributed by atoms with Gasteiger partial charge in [0.15, 0.2) is 0 Å². The highest BCUT2D eigenvalue weighted by atomic mass is 32.1. The van der Waals surface area contributed by atoms with Crippen molar-refractivity contribution in [2.24, 2.45) is 0 Å². The van der Waals surface area contributed by atoms with Crippen LogP contribution in [0.1, 0.15) is 0 Å². The van der Waals surface area contributed by atoms with Gasteiger partial charge in [-0.15, -0.1) is 0 Å². The first-order chi connectivity index (χ1) is 7.45. The fourth-order valence-electron chi connectivity index (χ4n) is 1.87. The van der Waals surface area contributed by atoms with Crippen LogP contribution in [0.25, 0.3) is 22.3 Å². The first kappa shape index (κ1) is 8.69. The lowest BCUT2D eigenvalue weighted by Gasteiger charge is -2.02. The molecule has 0 unspecified atom stereocenters. The maximum Gasteiger partial charge on any atom is -0.000595 e. The molecule has 0 saturated carbocycles. The molecule has 0 fully saturated rings. The topological polar surface area (TPSA) is 0 Å². The van der Waals surface area contributed by atoms with Gasteiger partial charge in [-0.2, -0.15) is 11.3 Å². The normalized spacial score (nSPS) is 10.7. The van der Waals surface area contributed by atoms with E-state index in [0.29, 0.717) is 0 Å². The molecule has 15 heavy (non-hydrogen) atoms. The maximum atomic E-state index is 2.22. The summed E-state index contributed by atoms with van der Waals surface area (Å²) in [5.74, 6) is 0. The second-order valence-corrected chi connectivity index (χ2v) is 4.32. The van der Waals surface area contributed by atoms with Crippen molar-refractivity contribution < 1.29 is 0 Å². The van der Waals surface area contributed by atoms with Gasteiger partial charge in [0.25, 0.3) is 0 Å². The van der Waals surface area contributed by atoms with E-state index in [2.05, 4.69) is 59.3 Å². The Morgan fingerprint density at radius 2 is 1.47 bits per heavy atom. The minimum Gasteiger partial charge on any atom is -0.152 e. The highest BCUT2D eigenvalue weighted by molar-refractivity contribution is 7.08. The smallest absolute Gasteiger partial charge is 0.000595 e. The Morgan fingerprint density at radius 1 is 0.667 bits per heavy atom. The van der Waals surface area contributed by atoms with Gasteiger partial charge in [0.1, 0.15) is 0 Å². The number of rotatable bonds is 1. The van der Waals surface area contributed by atoms with E-state index in [9.17, 15) is 0 Å². The highest BCUT2D eigenvalue weighted by Crippen LogP contribution is 2.35. The van der Waals surface area contributed by atoms with Crippen LogP contribution in [0.4, 0.5) is 0 Å². The predicted molar refractivity (Wildman–Crippen MR) is 66.4 cm³/mol. The minimum atomic E-state index is 1.30. The van der Waals surface area contributed by atoms with Crippen LogP contribution in [0.15, 0.2) is 59.3 Å². The van der Waals surface area contributed by atoms with Gasteiger partial charge in [0, 0.05) is 0 Å². The van der Waals surface area contributed by atoms with Crippen LogP contribution in [0.5, 0.6) is 0 Å². The van der Waals surface area contributed by atoms with Gasteiger partial charge in [-0.05, 0) is 39.1 Å². The Hall–Kier alpha value is -1.60. The summed E-state index contributed by atoms with van der Waals surface area (Å²) in [7, 11) is 0. The molecular weight excluding hydrogens is 200 g/mol. The van der Waals surface area contributed by atoms with Crippen molar-refractivity contribution >= 4 is 11.3 Å². The molecule has 1 aliphatic heterocycles. The third kappa shape index (κ3) is 1.45. The molecule has 0 nitrogen and oxygen atoms in total. The summed E-state index contributed by atoms with van der Waals surface area (Å²) in [5.41, 5.74) is 5.31. The van der Waals surface area contributed by atoms with Gasteiger partial charge >= 0.3 is 0 Å². The average molecular weight is 210 g/mol. The molecule has 0 saturated heterocycles. The fraction of sp³-hybridized carbons (Fsp3) is 0. The number of hydrogen-bond donors (Lipinski definition) is 0. The fourth-order valence-corrected chi connectivity index (χ4v) is 2.58. The lowest BCUT2D eigenvalue weighted by atomic mass is 10.0. The molecule has 0 bridgehead atoms. The average Bonchev–Trinajstić information content (AvgIpc) is 2.74. The standard InChI is InChI=1S/C14H10S/c1-2-4-11(5-3-1)13-7-6-12-8-9-15-10-14(12)13/h1-10H. The summed E-state index contributed by atoms with van der Waals surface area (Å²) in [6.07, 6.45) is 0. The van der Waals surface area contributed by atoms with Gasteiger partial charge in [-0.3, -0.25) is 0 Å². The molecule has 1 aromatic carbocycles. The number of fused-ring (bicyclic) bond motifs is 1. The third-order valence-electron chi connectivity index (χ3n) is 2.63. The van der Waals surface area contributed by atoms with Gasteiger partial charge < -0.3 is 0 Å². The lowest BCUT2D eigenvalue weighted by Crippen LogP contribution is -1.76. The largest absolute Gasteiger partial charge is 0.152 e. The molecule has 0 atom stereocenters. The summed E-state index contributed by atoms with van der Waals surface area (Å²) in [6.45, 7) is 0. The second-order valence-electron chi connectivity index (χ2n) is 3.54. The van der Waals surface area contributed by atoms with E-state index in [1.165, 1.54) is 22.3 Å². The predicted octanol–water partition coefficient (Wildman–Crippen LogP) is 4.52. The Balaban J connectivity index is 2.22. The van der Waals surface area contributed by atoms with E-state index >= 15 is 0 Å². The monoisotopic (exact) mass is 210 g/mol. The van der Waals surface area contributed by atoms with Crippen molar-refractivity contribution in [2.75, 3.05) is 0 Å². The summed E-state index contributed by atoms with van der Waals surface area (Å²) in [4.78, 5) is 0. The van der Waals surface area contributed by atoms with Crippen LogP contribution in [-0.4, -0.2) is 0 Å². The third-order valence-corrected chi connectivity index (χ3v) is 3.29. The van der Waals surface area contributed by atoms with Crippen molar-refractivity contribution in [1.82, 2.24) is 0 Å². The SMILES string of the molecule is c1ccc(-c2ccc3ccscc2-3)cc1. The second kappa shape index (κ2) is 3.52. The van der Waals surface area contributed by atoms with E-state index in [-0.39, 0.29) is 0 Å². The van der Waals surface area contributed by atoms with Crippen molar-refractivity contribution in [3.8, 4) is 22.3 Å². The van der Waals surface area contributed by atoms with Crippen LogP contribution in [-0.2, 0) is 0 Å². The zero-order chi connectivity index (χ0) is 10.1. The Bertz CT molecular complexity index is 536. The zero-order valence-electron chi connectivity index (χ0n) is 8.18. The van der Waals surface area contributed by atoms with Crippen molar-refractivity contribution in [2.45, 2.75) is 0 Å².